The van der Waals surface area contributed by atoms with Gasteiger partial charge in [-0.15, -0.1) is 0 Å². The number of hydrogen-bond acceptors (Lipinski definition) is 1. The van der Waals surface area contributed by atoms with E-state index in [-0.39, 0.29) is 0 Å². The second-order valence-corrected chi connectivity index (χ2v) is 4.21. The Labute approximate surface area is 103 Å². The van der Waals surface area contributed by atoms with Crippen LogP contribution in [0.25, 0.3) is 0 Å². The Morgan fingerprint density at radius 2 is 1.59 bits per heavy atom. The zero-order valence-corrected chi connectivity index (χ0v) is 10.2. The molecule has 2 aromatic carbocycles. The molecule has 0 amide bonds. The Kier molecular flexibility index (Phi) is 4.34. The van der Waals surface area contributed by atoms with Gasteiger partial charge in [0.05, 0.1) is 13.2 Å². The third kappa shape index (κ3) is 3.72. The first-order chi connectivity index (χ1) is 8.36. The van der Waals surface area contributed by atoms with Crippen molar-refractivity contribution in [2.24, 2.45) is 0 Å². The molecular formula is C16H18O. The minimum atomic E-state index is 0.701. The highest BCUT2D eigenvalue weighted by molar-refractivity contribution is 5.25. The molecule has 88 valence electrons. The first kappa shape index (κ1) is 11.9. The molecule has 0 aliphatic carbocycles. The molecule has 0 spiro atoms. The van der Waals surface area contributed by atoms with E-state index in [0.29, 0.717) is 6.61 Å². The third-order valence-corrected chi connectivity index (χ3v) is 2.89. The standard InChI is InChI=1S/C16H18O/c1-14-7-5-6-10-16(14)11-12-17-13-15-8-3-2-4-9-15/h2-10H,11-13H2,1H3. The van der Waals surface area contributed by atoms with Gasteiger partial charge in [0.2, 0.25) is 0 Å². The summed E-state index contributed by atoms with van der Waals surface area (Å²) < 4.78 is 5.68. The molecule has 2 rings (SSSR count). The van der Waals surface area contributed by atoms with Crippen LogP contribution in [0.3, 0.4) is 0 Å². The fourth-order valence-corrected chi connectivity index (χ4v) is 1.84. The van der Waals surface area contributed by atoms with E-state index in [9.17, 15) is 0 Å². The summed E-state index contributed by atoms with van der Waals surface area (Å²) in [4.78, 5) is 0. The van der Waals surface area contributed by atoms with Gasteiger partial charge in [-0.1, -0.05) is 54.6 Å². The van der Waals surface area contributed by atoms with E-state index in [1.54, 1.807) is 0 Å². The van der Waals surface area contributed by atoms with Crippen LogP contribution >= 0.6 is 0 Å². The molecule has 0 N–H and O–H groups in total. The largest absolute Gasteiger partial charge is 0.376 e. The summed E-state index contributed by atoms with van der Waals surface area (Å²) in [5, 5.41) is 0. The van der Waals surface area contributed by atoms with Crippen LogP contribution in [0.4, 0.5) is 0 Å². The van der Waals surface area contributed by atoms with Crippen molar-refractivity contribution >= 4 is 0 Å². The maximum atomic E-state index is 5.68. The molecule has 1 nitrogen and oxygen atoms in total. The van der Waals surface area contributed by atoms with E-state index in [1.807, 2.05) is 18.2 Å². The fourth-order valence-electron chi connectivity index (χ4n) is 1.84. The van der Waals surface area contributed by atoms with Crippen LogP contribution in [0.15, 0.2) is 54.6 Å². The molecule has 0 bridgehead atoms. The van der Waals surface area contributed by atoms with E-state index in [4.69, 9.17) is 4.74 Å². The highest BCUT2D eigenvalue weighted by Crippen LogP contribution is 2.08. The number of benzene rings is 2. The highest BCUT2D eigenvalue weighted by atomic mass is 16.5. The van der Waals surface area contributed by atoms with Gasteiger partial charge in [0.15, 0.2) is 0 Å². The molecule has 0 aliphatic heterocycles. The zero-order valence-electron chi connectivity index (χ0n) is 10.2. The predicted octanol–water partition coefficient (Wildman–Crippen LogP) is 3.75. The van der Waals surface area contributed by atoms with Crippen molar-refractivity contribution in [3.63, 3.8) is 0 Å². The second kappa shape index (κ2) is 6.21. The summed E-state index contributed by atoms with van der Waals surface area (Å²) >= 11 is 0. The Morgan fingerprint density at radius 1 is 0.882 bits per heavy atom. The van der Waals surface area contributed by atoms with Crippen LogP contribution in [-0.4, -0.2) is 6.61 Å². The van der Waals surface area contributed by atoms with Crippen molar-refractivity contribution in [1.29, 1.82) is 0 Å². The number of aryl methyl sites for hydroxylation is 1. The van der Waals surface area contributed by atoms with Gasteiger partial charge in [-0.3, -0.25) is 0 Å². The van der Waals surface area contributed by atoms with Crippen molar-refractivity contribution in [1.82, 2.24) is 0 Å². The lowest BCUT2D eigenvalue weighted by molar-refractivity contribution is 0.124. The molecule has 0 heterocycles. The van der Waals surface area contributed by atoms with Gasteiger partial charge >= 0.3 is 0 Å². The molecule has 0 fully saturated rings. The van der Waals surface area contributed by atoms with E-state index in [2.05, 4.69) is 43.3 Å². The van der Waals surface area contributed by atoms with Crippen molar-refractivity contribution in [3.05, 3.63) is 71.3 Å². The molecule has 0 saturated heterocycles. The van der Waals surface area contributed by atoms with Gasteiger partial charge in [-0.25, -0.2) is 0 Å². The first-order valence-corrected chi connectivity index (χ1v) is 6.02. The first-order valence-electron chi connectivity index (χ1n) is 6.02. The maximum absolute atomic E-state index is 5.68. The monoisotopic (exact) mass is 226 g/mol. The van der Waals surface area contributed by atoms with Gasteiger partial charge in [0, 0.05) is 0 Å². The van der Waals surface area contributed by atoms with Crippen molar-refractivity contribution < 1.29 is 4.74 Å². The molecule has 1 heteroatoms. The van der Waals surface area contributed by atoms with Crippen LogP contribution in [0.1, 0.15) is 16.7 Å². The topological polar surface area (TPSA) is 9.23 Å². The molecule has 2 aromatic rings. The van der Waals surface area contributed by atoms with Gasteiger partial charge in [-0.05, 0) is 30.0 Å². The third-order valence-electron chi connectivity index (χ3n) is 2.89. The molecule has 0 unspecified atom stereocenters. The molecule has 0 aliphatic rings. The minimum Gasteiger partial charge on any atom is -0.376 e. The molecule has 0 radical (unpaired) electrons. The summed E-state index contributed by atoms with van der Waals surface area (Å²) in [6.45, 7) is 3.62. The lowest BCUT2D eigenvalue weighted by Crippen LogP contribution is -2.00. The molecule has 17 heavy (non-hydrogen) atoms. The van der Waals surface area contributed by atoms with Crippen LogP contribution in [0.5, 0.6) is 0 Å². The SMILES string of the molecule is Cc1ccccc1CCOCc1ccccc1. The van der Waals surface area contributed by atoms with Crippen molar-refractivity contribution in [2.45, 2.75) is 20.0 Å². The van der Waals surface area contributed by atoms with Crippen LogP contribution in [-0.2, 0) is 17.8 Å². The number of hydrogen-bond donors (Lipinski definition) is 0. The van der Waals surface area contributed by atoms with E-state index < -0.39 is 0 Å². The average molecular weight is 226 g/mol. The minimum absolute atomic E-state index is 0.701. The summed E-state index contributed by atoms with van der Waals surface area (Å²) in [7, 11) is 0. The van der Waals surface area contributed by atoms with Gasteiger partial charge in [0.25, 0.3) is 0 Å². The Bertz CT molecular complexity index is 448. The summed E-state index contributed by atoms with van der Waals surface area (Å²) in [6, 6.07) is 18.8. The van der Waals surface area contributed by atoms with E-state index in [0.717, 1.165) is 13.0 Å². The number of rotatable bonds is 5. The van der Waals surface area contributed by atoms with Crippen LogP contribution < -0.4 is 0 Å². The lowest BCUT2D eigenvalue weighted by atomic mass is 10.1. The van der Waals surface area contributed by atoms with Crippen molar-refractivity contribution in [2.75, 3.05) is 6.61 Å². The van der Waals surface area contributed by atoms with Gasteiger partial charge in [0.1, 0.15) is 0 Å². The Balaban J connectivity index is 1.76. The second-order valence-electron chi connectivity index (χ2n) is 4.21. The number of ether oxygens (including phenoxy) is 1. The maximum Gasteiger partial charge on any atom is 0.0717 e. The van der Waals surface area contributed by atoms with Crippen LogP contribution in [0, 0.1) is 6.92 Å². The molecular weight excluding hydrogens is 208 g/mol. The van der Waals surface area contributed by atoms with Gasteiger partial charge < -0.3 is 4.74 Å². The zero-order chi connectivity index (χ0) is 11.9. The quantitative estimate of drug-likeness (QED) is 0.705. The van der Waals surface area contributed by atoms with Crippen molar-refractivity contribution in [3.8, 4) is 0 Å². The normalized spacial score (nSPS) is 10.4. The Morgan fingerprint density at radius 3 is 2.35 bits per heavy atom. The van der Waals surface area contributed by atoms with Crippen LogP contribution in [0.2, 0.25) is 0 Å². The summed E-state index contributed by atoms with van der Waals surface area (Å²) in [6.07, 6.45) is 0.986. The average Bonchev–Trinajstić information content (AvgIpc) is 2.38. The summed E-state index contributed by atoms with van der Waals surface area (Å²) in [5.74, 6) is 0. The predicted molar refractivity (Wildman–Crippen MR) is 71.0 cm³/mol. The fraction of sp³-hybridized carbons (Fsp3) is 0.250. The smallest absolute Gasteiger partial charge is 0.0717 e. The van der Waals surface area contributed by atoms with E-state index in [1.165, 1.54) is 16.7 Å². The van der Waals surface area contributed by atoms with Gasteiger partial charge in [-0.2, -0.15) is 0 Å². The summed E-state index contributed by atoms with van der Waals surface area (Å²) in [5.41, 5.74) is 3.95. The molecule has 0 atom stereocenters. The molecule has 0 saturated carbocycles. The van der Waals surface area contributed by atoms with E-state index >= 15 is 0 Å². The Hall–Kier alpha value is -1.60. The highest BCUT2D eigenvalue weighted by Gasteiger charge is 1.97. The molecule has 0 aromatic heterocycles. The lowest BCUT2D eigenvalue weighted by Gasteiger charge is -2.06.